The molecule has 4 rings (SSSR count). The molecule has 1 unspecified atom stereocenters. The average Bonchev–Trinajstić information content (AvgIpc) is 2.69. The van der Waals surface area contributed by atoms with Gasteiger partial charge in [0.25, 0.3) is 5.91 Å². The van der Waals surface area contributed by atoms with Gasteiger partial charge in [-0.15, -0.1) is 0 Å². The van der Waals surface area contributed by atoms with E-state index in [2.05, 4.69) is 11.1 Å². The molecule has 27 heavy (non-hydrogen) atoms. The van der Waals surface area contributed by atoms with Crippen molar-refractivity contribution in [3.63, 3.8) is 0 Å². The lowest BCUT2D eigenvalue weighted by molar-refractivity contribution is 0.0693. The number of nitrogens with zero attached hydrogens (tertiary/aromatic N) is 2. The van der Waals surface area contributed by atoms with Crippen LogP contribution in [0.25, 0.3) is 0 Å². The summed E-state index contributed by atoms with van der Waals surface area (Å²) in [5, 5.41) is 0. The van der Waals surface area contributed by atoms with Crippen molar-refractivity contribution in [2.45, 2.75) is 19.4 Å². The number of fused-ring (bicyclic) bond motifs is 1. The fourth-order valence-corrected chi connectivity index (χ4v) is 3.67. The van der Waals surface area contributed by atoms with Gasteiger partial charge in [-0.25, -0.2) is 8.78 Å². The number of aromatic nitrogens is 1. The highest BCUT2D eigenvalue weighted by atomic mass is 19.2. The first-order valence-electron chi connectivity index (χ1n) is 8.80. The summed E-state index contributed by atoms with van der Waals surface area (Å²) in [5.74, 6) is -2.31. The van der Waals surface area contributed by atoms with Crippen LogP contribution in [-0.4, -0.2) is 22.3 Å². The second kappa shape index (κ2) is 6.91. The zero-order valence-corrected chi connectivity index (χ0v) is 14.8. The van der Waals surface area contributed by atoms with Gasteiger partial charge in [-0.05, 0) is 54.3 Å². The summed E-state index contributed by atoms with van der Waals surface area (Å²) >= 11 is 0. The molecule has 0 radical (unpaired) electrons. The van der Waals surface area contributed by atoms with Gasteiger partial charge in [-0.3, -0.25) is 9.78 Å². The molecule has 0 spiro atoms. The smallest absolute Gasteiger partial charge is 0.254 e. The number of hydrogen-bond donors (Lipinski definition) is 0. The number of benzene rings is 2. The van der Waals surface area contributed by atoms with Crippen molar-refractivity contribution >= 4 is 5.91 Å². The Hall–Kier alpha value is -3.08. The topological polar surface area (TPSA) is 33.2 Å². The Morgan fingerprint density at radius 1 is 1.11 bits per heavy atom. The molecule has 136 valence electrons. The number of carbonyl (C=O) groups excluding carboxylic acids is 1. The standard InChI is InChI=1S/C22H18F2N2O/c1-14-4-6-18-15(11-14)8-10-26(21(18)17-3-2-9-25-13-17)22(27)16-5-7-19(23)20(24)12-16/h2-7,9,11-13,21H,8,10H2,1H3. The molecule has 3 aromatic rings. The fraction of sp³-hybridized carbons (Fsp3) is 0.182. The van der Waals surface area contributed by atoms with Crippen LogP contribution < -0.4 is 0 Å². The third-order valence-electron chi connectivity index (χ3n) is 4.95. The molecule has 1 aliphatic rings. The molecule has 0 bridgehead atoms. The molecule has 0 fully saturated rings. The van der Waals surface area contributed by atoms with Crippen molar-refractivity contribution < 1.29 is 13.6 Å². The van der Waals surface area contributed by atoms with Crippen LogP contribution in [0.1, 0.15) is 38.7 Å². The molecule has 0 saturated carbocycles. The lowest BCUT2D eigenvalue weighted by Gasteiger charge is -2.38. The van der Waals surface area contributed by atoms with Crippen molar-refractivity contribution in [3.05, 3.63) is 100 Å². The number of carbonyl (C=O) groups is 1. The first kappa shape index (κ1) is 17.3. The van der Waals surface area contributed by atoms with Crippen LogP contribution in [0.2, 0.25) is 0 Å². The Balaban J connectivity index is 1.80. The summed E-state index contributed by atoms with van der Waals surface area (Å²) in [6.07, 6.45) is 4.14. The molecular formula is C22H18F2N2O. The number of rotatable bonds is 2. The second-order valence-electron chi connectivity index (χ2n) is 6.77. The first-order valence-corrected chi connectivity index (χ1v) is 8.80. The summed E-state index contributed by atoms with van der Waals surface area (Å²) < 4.78 is 26.9. The largest absolute Gasteiger partial charge is 0.327 e. The lowest BCUT2D eigenvalue weighted by Crippen LogP contribution is -2.40. The molecule has 1 amide bonds. The Morgan fingerprint density at radius 3 is 2.70 bits per heavy atom. The predicted molar refractivity (Wildman–Crippen MR) is 98.4 cm³/mol. The molecule has 5 heteroatoms. The van der Waals surface area contributed by atoms with Gasteiger partial charge in [0.1, 0.15) is 0 Å². The molecule has 0 aliphatic carbocycles. The van der Waals surface area contributed by atoms with Crippen molar-refractivity contribution in [3.8, 4) is 0 Å². The fourth-order valence-electron chi connectivity index (χ4n) is 3.67. The summed E-state index contributed by atoms with van der Waals surface area (Å²) in [4.78, 5) is 19.0. The van der Waals surface area contributed by atoms with Gasteiger partial charge in [0.2, 0.25) is 0 Å². The third-order valence-corrected chi connectivity index (χ3v) is 4.95. The van der Waals surface area contributed by atoms with Crippen molar-refractivity contribution in [2.75, 3.05) is 6.54 Å². The van der Waals surface area contributed by atoms with E-state index in [0.717, 1.165) is 23.3 Å². The minimum Gasteiger partial charge on any atom is -0.327 e. The van der Waals surface area contributed by atoms with E-state index >= 15 is 0 Å². The number of pyridine rings is 1. The Labute approximate surface area is 156 Å². The highest BCUT2D eigenvalue weighted by molar-refractivity contribution is 5.95. The highest BCUT2D eigenvalue weighted by Gasteiger charge is 2.33. The van der Waals surface area contributed by atoms with E-state index in [1.54, 1.807) is 17.3 Å². The number of amides is 1. The van der Waals surface area contributed by atoms with Gasteiger partial charge in [-0.1, -0.05) is 29.8 Å². The third kappa shape index (κ3) is 3.21. The molecule has 2 heterocycles. The lowest BCUT2D eigenvalue weighted by atomic mass is 9.87. The molecule has 0 N–H and O–H groups in total. The molecule has 1 atom stereocenters. The first-order chi connectivity index (χ1) is 13.0. The van der Waals surface area contributed by atoms with E-state index in [0.29, 0.717) is 13.0 Å². The van der Waals surface area contributed by atoms with Crippen LogP contribution >= 0.6 is 0 Å². The van der Waals surface area contributed by atoms with Gasteiger partial charge in [0.15, 0.2) is 11.6 Å². The van der Waals surface area contributed by atoms with E-state index in [9.17, 15) is 13.6 Å². The predicted octanol–water partition coefficient (Wildman–Crippen LogP) is 4.46. The maximum Gasteiger partial charge on any atom is 0.254 e. The molecule has 1 aliphatic heterocycles. The maximum absolute atomic E-state index is 13.7. The van der Waals surface area contributed by atoms with E-state index in [4.69, 9.17) is 0 Å². The van der Waals surface area contributed by atoms with Crippen molar-refractivity contribution in [1.29, 1.82) is 0 Å². The zero-order chi connectivity index (χ0) is 19.0. The van der Waals surface area contributed by atoms with E-state index in [1.807, 2.05) is 31.2 Å². The summed E-state index contributed by atoms with van der Waals surface area (Å²) in [5.41, 5.74) is 4.42. The number of halogens is 2. The molecule has 1 aromatic heterocycles. The van der Waals surface area contributed by atoms with Crippen LogP contribution in [0.3, 0.4) is 0 Å². The minimum absolute atomic E-state index is 0.137. The van der Waals surface area contributed by atoms with Crippen LogP contribution in [0.15, 0.2) is 60.9 Å². The van der Waals surface area contributed by atoms with Crippen molar-refractivity contribution in [1.82, 2.24) is 9.88 Å². The zero-order valence-electron chi connectivity index (χ0n) is 14.8. The number of aryl methyl sites for hydroxylation is 1. The highest BCUT2D eigenvalue weighted by Crippen LogP contribution is 2.36. The molecular weight excluding hydrogens is 346 g/mol. The number of hydrogen-bond acceptors (Lipinski definition) is 2. The summed E-state index contributed by atoms with van der Waals surface area (Å²) in [6, 6.07) is 12.9. The Bertz CT molecular complexity index is 1000. The van der Waals surface area contributed by atoms with Gasteiger partial charge in [0.05, 0.1) is 6.04 Å². The van der Waals surface area contributed by atoms with Crippen LogP contribution in [0.5, 0.6) is 0 Å². The van der Waals surface area contributed by atoms with Crippen LogP contribution in [0, 0.1) is 18.6 Å². The van der Waals surface area contributed by atoms with Gasteiger partial charge >= 0.3 is 0 Å². The maximum atomic E-state index is 13.7. The average molecular weight is 364 g/mol. The van der Waals surface area contributed by atoms with Gasteiger partial charge in [-0.2, -0.15) is 0 Å². The van der Waals surface area contributed by atoms with E-state index in [1.165, 1.54) is 17.2 Å². The van der Waals surface area contributed by atoms with Crippen LogP contribution in [0.4, 0.5) is 8.78 Å². The van der Waals surface area contributed by atoms with Crippen molar-refractivity contribution in [2.24, 2.45) is 0 Å². The SMILES string of the molecule is Cc1ccc2c(c1)CCN(C(=O)c1ccc(F)c(F)c1)C2c1cccnc1. The summed E-state index contributed by atoms with van der Waals surface area (Å²) in [7, 11) is 0. The quantitative estimate of drug-likeness (QED) is 0.673. The Morgan fingerprint density at radius 2 is 1.96 bits per heavy atom. The van der Waals surface area contributed by atoms with Gasteiger partial charge < -0.3 is 4.90 Å². The van der Waals surface area contributed by atoms with E-state index < -0.39 is 11.6 Å². The van der Waals surface area contributed by atoms with E-state index in [-0.39, 0.29) is 17.5 Å². The second-order valence-corrected chi connectivity index (χ2v) is 6.77. The monoisotopic (exact) mass is 364 g/mol. The molecule has 0 saturated heterocycles. The normalized spacial score (nSPS) is 16.1. The van der Waals surface area contributed by atoms with Crippen LogP contribution in [-0.2, 0) is 6.42 Å². The summed E-state index contributed by atoms with van der Waals surface area (Å²) in [6.45, 7) is 2.53. The van der Waals surface area contributed by atoms with Gasteiger partial charge in [0, 0.05) is 24.5 Å². The molecule has 2 aromatic carbocycles. The Kier molecular flexibility index (Phi) is 4.44. The molecule has 3 nitrogen and oxygen atoms in total. The minimum atomic E-state index is -1.02.